The number of nitrogens with zero attached hydrogens (tertiary/aromatic N) is 3. The number of nitro benzene ring substituents is 1. The van der Waals surface area contributed by atoms with E-state index in [-0.39, 0.29) is 11.2 Å². The van der Waals surface area contributed by atoms with Gasteiger partial charge in [0.2, 0.25) is 0 Å². The summed E-state index contributed by atoms with van der Waals surface area (Å²) in [6.07, 6.45) is 0. The molecular formula is C25H16N4O3. The highest BCUT2D eigenvalue weighted by Crippen LogP contribution is 2.31. The third kappa shape index (κ3) is 3.52. The van der Waals surface area contributed by atoms with Gasteiger partial charge in [0.15, 0.2) is 5.65 Å². The first kappa shape index (κ1) is 19.3. The Morgan fingerprint density at radius 3 is 2.00 bits per heavy atom. The lowest BCUT2D eigenvalue weighted by atomic mass is 10.00. The van der Waals surface area contributed by atoms with Gasteiger partial charge in [-0.05, 0) is 23.8 Å². The largest absolute Gasteiger partial charge is 0.306 e. The van der Waals surface area contributed by atoms with Crippen molar-refractivity contribution in [3.05, 3.63) is 111 Å². The van der Waals surface area contributed by atoms with Gasteiger partial charge in [0.1, 0.15) is 5.82 Å². The number of benzene rings is 3. The number of non-ortho nitro benzene ring substituents is 1. The molecule has 0 atom stereocenters. The van der Waals surface area contributed by atoms with Gasteiger partial charge < -0.3 is 4.98 Å². The van der Waals surface area contributed by atoms with Crippen molar-refractivity contribution < 1.29 is 4.92 Å². The summed E-state index contributed by atoms with van der Waals surface area (Å²) in [5.41, 5.74) is 3.54. The molecule has 5 rings (SSSR count). The van der Waals surface area contributed by atoms with Crippen LogP contribution in [0.2, 0.25) is 0 Å². The zero-order valence-electron chi connectivity index (χ0n) is 16.7. The number of aromatic amines is 1. The van der Waals surface area contributed by atoms with Crippen molar-refractivity contribution in [2.24, 2.45) is 0 Å². The van der Waals surface area contributed by atoms with Crippen LogP contribution in [0.3, 0.4) is 0 Å². The van der Waals surface area contributed by atoms with Crippen LogP contribution in [0.15, 0.2) is 95.8 Å². The second-order valence-corrected chi connectivity index (χ2v) is 7.20. The van der Waals surface area contributed by atoms with Crippen molar-refractivity contribution in [3.63, 3.8) is 0 Å². The third-order valence-electron chi connectivity index (χ3n) is 5.18. The number of nitro groups is 1. The fourth-order valence-electron chi connectivity index (χ4n) is 3.62. The summed E-state index contributed by atoms with van der Waals surface area (Å²) >= 11 is 0. The predicted molar refractivity (Wildman–Crippen MR) is 123 cm³/mol. The van der Waals surface area contributed by atoms with Gasteiger partial charge in [-0.3, -0.25) is 14.9 Å². The molecule has 3 aromatic carbocycles. The topological polar surface area (TPSA) is 102 Å². The van der Waals surface area contributed by atoms with Crippen molar-refractivity contribution in [3.8, 4) is 33.8 Å². The molecule has 154 valence electrons. The molecule has 0 aliphatic rings. The highest BCUT2D eigenvalue weighted by Gasteiger charge is 2.16. The lowest BCUT2D eigenvalue weighted by molar-refractivity contribution is -0.384. The molecule has 0 aliphatic heterocycles. The van der Waals surface area contributed by atoms with Crippen molar-refractivity contribution in [1.82, 2.24) is 15.0 Å². The zero-order valence-corrected chi connectivity index (χ0v) is 16.7. The minimum Gasteiger partial charge on any atom is -0.306 e. The summed E-state index contributed by atoms with van der Waals surface area (Å²) in [6, 6.07) is 26.9. The van der Waals surface area contributed by atoms with Gasteiger partial charge in [-0.1, -0.05) is 60.7 Å². The maximum absolute atomic E-state index is 13.1. The van der Waals surface area contributed by atoms with Crippen LogP contribution in [0.5, 0.6) is 0 Å². The number of nitrogens with one attached hydrogen (secondary N) is 1. The Morgan fingerprint density at radius 2 is 1.38 bits per heavy atom. The summed E-state index contributed by atoms with van der Waals surface area (Å²) in [4.78, 5) is 35.9. The van der Waals surface area contributed by atoms with E-state index >= 15 is 0 Å². The van der Waals surface area contributed by atoms with Crippen LogP contribution in [0.1, 0.15) is 0 Å². The van der Waals surface area contributed by atoms with Crippen molar-refractivity contribution in [2.45, 2.75) is 0 Å². The van der Waals surface area contributed by atoms with Crippen LogP contribution in [-0.2, 0) is 0 Å². The Kier molecular flexibility index (Phi) is 4.76. The average Bonchev–Trinajstić information content (AvgIpc) is 2.84. The highest BCUT2D eigenvalue weighted by atomic mass is 16.6. The van der Waals surface area contributed by atoms with Gasteiger partial charge >= 0.3 is 0 Å². The zero-order chi connectivity index (χ0) is 22.1. The number of fused-ring (bicyclic) bond motifs is 1. The second-order valence-electron chi connectivity index (χ2n) is 7.20. The van der Waals surface area contributed by atoms with Crippen molar-refractivity contribution >= 4 is 16.7 Å². The molecule has 0 amide bonds. The molecule has 0 bridgehead atoms. The molecule has 0 saturated heterocycles. The molecule has 0 radical (unpaired) electrons. The van der Waals surface area contributed by atoms with E-state index in [0.29, 0.717) is 33.7 Å². The SMILES string of the molecule is O=c1[nH]c(-c2ccccc2)nc2nc(-c3ccccc3)cc(-c3ccc([N+](=O)[O-])cc3)c12. The van der Waals surface area contributed by atoms with E-state index in [4.69, 9.17) is 0 Å². The quantitative estimate of drug-likeness (QED) is 0.317. The molecule has 0 spiro atoms. The van der Waals surface area contributed by atoms with Gasteiger partial charge in [0.05, 0.1) is 16.0 Å². The maximum atomic E-state index is 13.1. The number of pyridine rings is 1. The van der Waals surface area contributed by atoms with E-state index in [9.17, 15) is 14.9 Å². The number of hydrogen-bond acceptors (Lipinski definition) is 5. The molecule has 32 heavy (non-hydrogen) atoms. The van der Waals surface area contributed by atoms with Crippen LogP contribution in [0, 0.1) is 10.1 Å². The molecule has 2 heterocycles. The van der Waals surface area contributed by atoms with E-state index in [1.165, 1.54) is 12.1 Å². The van der Waals surface area contributed by atoms with E-state index in [0.717, 1.165) is 11.1 Å². The molecule has 0 aliphatic carbocycles. The van der Waals surface area contributed by atoms with Crippen molar-refractivity contribution in [2.75, 3.05) is 0 Å². The number of H-pyrrole nitrogens is 1. The summed E-state index contributed by atoms with van der Waals surface area (Å²) in [5, 5.41) is 11.4. The van der Waals surface area contributed by atoms with Crippen LogP contribution in [0.4, 0.5) is 5.69 Å². The molecule has 0 fully saturated rings. The first-order valence-corrected chi connectivity index (χ1v) is 9.91. The molecular weight excluding hydrogens is 404 g/mol. The Balaban J connectivity index is 1.79. The van der Waals surface area contributed by atoms with Crippen LogP contribution >= 0.6 is 0 Å². The molecule has 0 unspecified atom stereocenters. The highest BCUT2D eigenvalue weighted by molar-refractivity contribution is 5.95. The van der Waals surface area contributed by atoms with Crippen LogP contribution < -0.4 is 5.56 Å². The molecule has 0 saturated carbocycles. The van der Waals surface area contributed by atoms with Gasteiger partial charge in [-0.2, -0.15) is 0 Å². The Hall–Kier alpha value is -4.65. The summed E-state index contributed by atoms with van der Waals surface area (Å²) < 4.78 is 0. The van der Waals surface area contributed by atoms with Gasteiger partial charge in [-0.25, -0.2) is 9.97 Å². The maximum Gasteiger partial charge on any atom is 0.269 e. The smallest absolute Gasteiger partial charge is 0.269 e. The molecule has 5 aromatic rings. The Bertz CT molecular complexity index is 1490. The lowest BCUT2D eigenvalue weighted by Crippen LogP contribution is -2.12. The number of rotatable bonds is 4. The summed E-state index contributed by atoms with van der Waals surface area (Å²) in [5.74, 6) is 0.426. The second kappa shape index (κ2) is 7.88. The fraction of sp³-hybridized carbons (Fsp3) is 0. The Morgan fingerprint density at radius 1 is 0.750 bits per heavy atom. The average molecular weight is 420 g/mol. The number of hydrogen-bond donors (Lipinski definition) is 1. The minimum absolute atomic E-state index is 0.0196. The van der Waals surface area contributed by atoms with Crippen molar-refractivity contribution in [1.29, 1.82) is 0 Å². The minimum atomic E-state index is -0.454. The van der Waals surface area contributed by atoms with E-state index in [1.807, 2.05) is 66.7 Å². The number of aromatic nitrogens is 3. The van der Waals surface area contributed by atoms with E-state index < -0.39 is 4.92 Å². The lowest BCUT2D eigenvalue weighted by Gasteiger charge is -2.11. The predicted octanol–water partition coefficient (Wildman–Crippen LogP) is 5.23. The van der Waals surface area contributed by atoms with Crippen LogP contribution in [0.25, 0.3) is 44.8 Å². The first-order valence-electron chi connectivity index (χ1n) is 9.91. The van der Waals surface area contributed by atoms with Gasteiger partial charge in [0, 0.05) is 28.8 Å². The third-order valence-corrected chi connectivity index (χ3v) is 5.18. The normalized spacial score (nSPS) is 10.9. The summed E-state index contributed by atoms with van der Waals surface area (Å²) in [7, 11) is 0. The first-order chi connectivity index (χ1) is 15.6. The summed E-state index contributed by atoms with van der Waals surface area (Å²) in [6.45, 7) is 0. The van der Waals surface area contributed by atoms with Crippen LogP contribution in [-0.4, -0.2) is 19.9 Å². The standard InChI is InChI=1S/C25H16N4O3/c30-25-22-20(16-11-13-19(14-12-16)29(31)32)15-21(17-7-3-1-4-8-17)26-24(22)27-23(28-25)18-9-5-2-6-10-18/h1-15H,(H,26,27,28,30). The van der Waals surface area contributed by atoms with E-state index in [1.54, 1.807) is 12.1 Å². The Labute approximate surface area is 182 Å². The molecule has 7 nitrogen and oxygen atoms in total. The monoisotopic (exact) mass is 420 g/mol. The fourth-order valence-corrected chi connectivity index (χ4v) is 3.62. The van der Waals surface area contributed by atoms with Gasteiger partial charge in [0.25, 0.3) is 11.2 Å². The van der Waals surface area contributed by atoms with Gasteiger partial charge in [-0.15, -0.1) is 0 Å². The van der Waals surface area contributed by atoms with E-state index in [2.05, 4.69) is 15.0 Å². The molecule has 1 N–H and O–H groups in total. The molecule has 2 aromatic heterocycles. The molecule has 7 heteroatoms.